The van der Waals surface area contributed by atoms with Crippen molar-refractivity contribution in [2.75, 3.05) is 24.6 Å². The molecule has 6 aromatic rings. The van der Waals surface area contributed by atoms with Gasteiger partial charge in [-0.2, -0.15) is 4.57 Å². The van der Waals surface area contributed by atoms with Gasteiger partial charge in [-0.1, -0.05) is 23.2 Å². The Hall–Kier alpha value is -5.38. The van der Waals surface area contributed by atoms with Crippen LogP contribution in [0, 0.1) is 11.6 Å². The molecule has 12 nitrogen and oxygen atoms in total. The van der Waals surface area contributed by atoms with Gasteiger partial charge in [0.2, 0.25) is 5.75 Å². The number of imidazole rings is 1. The van der Waals surface area contributed by atoms with Gasteiger partial charge in [0.25, 0.3) is 0 Å². The summed E-state index contributed by atoms with van der Waals surface area (Å²) >= 11 is 12.8. The van der Waals surface area contributed by atoms with Gasteiger partial charge in [-0.15, -0.1) is 0 Å². The van der Waals surface area contributed by atoms with Gasteiger partial charge in [-0.25, -0.2) is 18.7 Å². The quantitative estimate of drug-likeness (QED) is 0.101. The monoisotopic (exact) mass is 800 g/mol. The van der Waals surface area contributed by atoms with Crippen LogP contribution in [-0.2, 0) is 19.6 Å². The average Bonchev–Trinajstić information content (AvgIpc) is 3.63. The van der Waals surface area contributed by atoms with E-state index in [4.69, 9.17) is 49.1 Å². The molecule has 4 aromatic heterocycles. The molecule has 2 aliphatic heterocycles. The van der Waals surface area contributed by atoms with Crippen molar-refractivity contribution >= 4 is 34.8 Å². The molecule has 2 aliphatic rings. The van der Waals surface area contributed by atoms with Crippen LogP contribution in [0.1, 0.15) is 60.4 Å². The summed E-state index contributed by atoms with van der Waals surface area (Å²) in [5, 5.41) is 17.8. The molecule has 0 aliphatic carbocycles. The highest BCUT2D eigenvalue weighted by atomic mass is 35.5. The highest BCUT2D eigenvalue weighted by Gasteiger charge is 2.28. The molecule has 6 heterocycles. The number of anilines is 2. The highest BCUT2D eigenvalue weighted by molar-refractivity contribution is 6.33. The van der Waals surface area contributed by atoms with Gasteiger partial charge in [0.05, 0.1) is 24.0 Å². The molecule has 2 aromatic carbocycles. The number of benzene rings is 2. The van der Waals surface area contributed by atoms with Crippen molar-refractivity contribution in [2.45, 2.75) is 51.8 Å². The standard InChI is InChI=1S/C40H37Cl2F2N9O3/c1-20(27-10-25(41)3-4-30(27)42)56-36-9-24(32-19-52-6-5-47-17-37(52)51-32)18-53(40(36)46)33-12-26(43)11-28(38(33)44)21(2)55-35-8-23(14-50-39(35)45)22-7-29-31(49-13-22)15-48-16-34(29)54/h3-4,7-14,18-21,34,46-48,54H,5-6,15-17H2,1-2H3,(H2,45,50)/p+1. The SMILES string of the molecule is CC(Oc1cc(-c2cn3c(n2)CNCC3)c[n+](-c2cc(F)cc(C(C)Oc3cc(-c4cnc5c(c4)C(O)CNC5)cnc3N)c2F)c1N)c1cc(Cl)ccc1Cl. The average molecular weight is 802 g/mol. The minimum absolute atomic E-state index is 0.00545. The maximum Gasteiger partial charge on any atom is 0.320 e. The molecule has 0 saturated carbocycles. The molecule has 288 valence electrons. The number of hydrogen-bond acceptors (Lipinski definition) is 10. The van der Waals surface area contributed by atoms with Crippen LogP contribution in [0.3, 0.4) is 0 Å². The molecule has 0 spiro atoms. The van der Waals surface area contributed by atoms with E-state index in [9.17, 15) is 5.11 Å². The van der Waals surface area contributed by atoms with Gasteiger partial charge in [0.1, 0.15) is 30.0 Å². The van der Waals surface area contributed by atoms with E-state index in [-0.39, 0.29) is 34.4 Å². The van der Waals surface area contributed by atoms with Crippen LogP contribution >= 0.6 is 23.2 Å². The van der Waals surface area contributed by atoms with Crippen LogP contribution in [-0.4, -0.2) is 37.7 Å². The number of nitrogens with zero attached hydrogens (tertiary/aromatic N) is 5. The number of pyridine rings is 3. The number of β-amino-alcohol motifs (C(OH)–C–C–N with tert-alkyl or cyclic N) is 1. The summed E-state index contributed by atoms with van der Waals surface area (Å²) in [6, 6.07) is 12.4. The number of nitrogens with two attached hydrogens (primary N) is 2. The van der Waals surface area contributed by atoms with Crippen molar-refractivity contribution in [2.24, 2.45) is 0 Å². The molecule has 0 fully saturated rings. The molecule has 0 bridgehead atoms. The lowest BCUT2D eigenvalue weighted by Gasteiger charge is -2.22. The summed E-state index contributed by atoms with van der Waals surface area (Å²) in [6.45, 7) is 6.41. The Labute approximate surface area is 331 Å². The van der Waals surface area contributed by atoms with Crippen molar-refractivity contribution < 1.29 is 27.9 Å². The predicted molar refractivity (Wildman–Crippen MR) is 208 cm³/mol. The zero-order chi connectivity index (χ0) is 39.2. The van der Waals surface area contributed by atoms with E-state index < -0.39 is 29.9 Å². The summed E-state index contributed by atoms with van der Waals surface area (Å²) < 4.78 is 48.5. The normalized spacial score (nSPS) is 16.2. The Morgan fingerprint density at radius 2 is 1.66 bits per heavy atom. The second-order valence-corrected chi connectivity index (χ2v) is 14.6. The molecule has 56 heavy (non-hydrogen) atoms. The molecule has 0 radical (unpaired) electrons. The summed E-state index contributed by atoms with van der Waals surface area (Å²) in [5.74, 6) is -0.319. The lowest BCUT2D eigenvalue weighted by molar-refractivity contribution is -0.582. The van der Waals surface area contributed by atoms with Crippen molar-refractivity contribution in [1.29, 1.82) is 0 Å². The number of ether oxygens (including phenoxy) is 2. The fourth-order valence-corrected chi connectivity index (χ4v) is 7.44. The molecule has 3 atom stereocenters. The van der Waals surface area contributed by atoms with Crippen molar-refractivity contribution in [3.63, 3.8) is 0 Å². The third-order valence-corrected chi connectivity index (χ3v) is 10.6. The van der Waals surface area contributed by atoms with Gasteiger partial charge in [-0.05, 0) is 50.2 Å². The minimum atomic E-state index is -1.04. The van der Waals surface area contributed by atoms with E-state index in [2.05, 4.69) is 20.6 Å². The topological polar surface area (TPSA) is 162 Å². The Morgan fingerprint density at radius 3 is 2.48 bits per heavy atom. The van der Waals surface area contributed by atoms with Crippen LogP contribution in [0.4, 0.5) is 20.4 Å². The molecular formula is C40H38Cl2F2N9O3+. The van der Waals surface area contributed by atoms with Crippen molar-refractivity contribution in [1.82, 2.24) is 30.2 Å². The third kappa shape index (κ3) is 7.33. The Kier molecular flexibility index (Phi) is 10.2. The van der Waals surface area contributed by atoms with Gasteiger partial charge >= 0.3 is 5.82 Å². The van der Waals surface area contributed by atoms with E-state index in [0.717, 1.165) is 36.7 Å². The smallest absolute Gasteiger partial charge is 0.320 e. The van der Waals surface area contributed by atoms with Gasteiger partial charge < -0.3 is 35.5 Å². The zero-order valence-corrected chi connectivity index (χ0v) is 31.9. The first-order valence-electron chi connectivity index (χ1n) is 18.0. The Morgan fingerprint density at radius 1 is 0.911 bits per heavy atom. The molecule has 16 heteroatoms. The molecule has 8 rings (SSSR count). The largest absolute Gasteiger partial charge is 0.482 e. The first kappa shape index (κ1) is 37.5. The van der Waals surface area contributed by atoms with Gasteiger partial charge in [0, 0.05) is 100 Å². The molecular weight excluding hydrogens is 763 g/mol. The summed E-state index contributed by atoms with van der Waals surface area (Å²) in [7, 11) is 0. The number of nitrogen functional groups attached to an aromatic ring is 2. The number of rotatable bonds is 9. The third-order valence-electron chi connectivity index (χ3n) is 9.99. The number of aliphatic hydroxyl groups is 1. The number of aromatic nitrogens is 5. The molecule has 7 N–H and O–H groups in total. The minimum Gasteiger partial charge on any atom is -0.482 e. The molecule has 3 unspecified atom stereocenters. The number of aliphatic hydroxyl groups excluding tert-OH is 1. The summed E-state index contributed by atoms with van der Waals surface area (Å²) in [4.78, 5) is 13.6. The van der Waals surface area contributed by atoms with Gasteiger partial charge in [-0.3, -0.25) is 10.7 Å². The second-order valence-electron chi connectivity index (χ2n) is 13.8. The number of hydrogen-bond donors (Lipinski definition) is 5. The summed E-state index contributed by atoms with van der Waals surface area (Å²) in [5.41, 5.74) is 17.2. The first-order chi connectivity index (χ1) is 26.9. The fourth-order valence-electron chi connectivity index (χ4n) is 6.99. The van der Waals surface area contributed by atoms with Crippen LogP contribution < -0.4 is 36.1 Å². The van der Waals surface area contributed by atoms with Crippen molar-refractivity contribution in [3.8, 4) is 39.6 Å². The molecule has 0 amide bonds. The highest BCUT2D eigenvalue weighted by Crippen LogP contribution is 2.37. The first-order valence-corrected chi connectivity index (χ1v) is 18.7. The van der Waals surface area contributed by atoms with E-state index in [1.807, 2.05) is 16.8 Å². The van der Waals surface area contributed by atoms with E-state index in [0.29, 0.717) is 63.2 Å². The van der Waals surface area contributed by atoms with Crippen LogP contribution in [0.25, 0.3) is 28.1 Å². The fraction of sp³-hybridized carbons (Fsp3) is 0.250. The maximum absolute atomic E-state index is 16.9. The van der Waals surface area contributed by atoms with Crippen molar-refractivity contribution in [3.05, 3.63) is 123 Å². The zero-order valence-electron chi connectivity index (χ0n) is 30.4. The Bertz CT molecular complexity index is 2460. The lowest BCUT2D eigenvalue weighted by Crippen LogP contribution is -2.37. The summed E-state index contributed by atoms with van der Waals surface area (Å²) in [6.07, 6.45) is 4.34. The van der Waals surface area contributed by atoms with E-state index >= 15 is 8.78 Å². The van der Waals surface area contributed by atoms with E-state index in [1.165, 1.54) is 4.57 Å². The Balaban J connectivity index is 1.17. The van der Waals surface area contributed by atoms with Crippen LogP contribution in [0.2, 0.25) is 10.0 Å². The lowest BCUT2D eigenvalue weighted by atomic mass is 9.99. The van der Waals surface area contributed by atoms with Gasteiger partial charge in [0.15, 0.2) is 23.1 Å². The van der Waals surface area contributed by atoms with Crippen LogP contribution in [0.15, 0.2) is 73.3 Å². The second kappa shape index (κ2) is 15.3. The number of nitrogens with one attached hydrogen (secondary N) is 2. The molecule has 0 saturated heterocycles. The number of halogens is 4. The van der Waals surface area contributed by atoms with E-state index in [1.54, 1.807) is 62.8 Å². The number of fused-ring (bicyclic) bond motifs is 2. The predicted octanol–water partition coefficient (Wildman–Crippen LogP) is 6.55. The maximum atomic E-state index is 16.9. The van der Waals surface area contributed by atoms with Crippen LogP contribution in [0.5, 0.6) is 11.5 Å².